The molecule has 0 bridgehead atoms. The zero-order valence-electron chi connectivity index (χ0n) is 6.60. The molecule has 11 heavy (non-hydrogen) atoms. The van der Waals surface area contributed by atoms with Crippen molar-refractivity contribution in [2.75, 3.05) is 0 Å². The Morgan fingerprint density at radius 3 is 2.73 bits per heavy atom. The van der Waals surface area contributed by atoms with Crippen molar-refractivity contribution in [1.29, 1.82) is 0 Å². The van der Waals surface area contributed by atoms with Gasteiger partial charge in [-0.2, -0.15) is 0 Å². The minimum Gasteiger partial charge on any atom is -0.393 e. The summed E-state index contributed by atoms with van der Waals surface area (Å²) in [5.41, 5.74) is 0. The van der Waals surface area contributed by atoms with E-state index >= 15 is 0 Å². The summed E-state index contributed by atoms with van der Waals surface area (Å²) in [5.74, 6) is 0. The van der Waals surface area contributed by atoms with Gasteiger partial charge in [0.05, 0.1) is 6.10 Å². The van der Waals surface area contributed by atoms with Crippen LogP contribution in [0.25, 0.3) is 0 Å². The predicted octanol–water partition coefficient (Wildman–Crippen LogP) is 2.74. The van der Waals surface area contributed by atoms with E-state index in [1.54, 1.807) is 11.3 Å². The van der Waals surface area contributed by atoms with Crippen molar-refractivity contribution in [2.24, 2.45) is 0 Å². The number of thiophene rings is 1. The fourth-order valence-electron chi connectivity index (χ4n) is 0.939. The fourth-order valence-corrected chi connectivity index (χ4v) is 2.88. The van der Waals surface area contributed by atoms with Crippen molar-refractivity contribution in [2.45, 2.75) is 26.4 Å². The normalized spacial score (nSPS) is 13.5. The number of aliphatic hydroxyl groups excluding tert-OH is 1. The second kappa shape index (κ2) is 3.70. The number of hydrogen-bond acceptors (Lipinski definition) is 2. The highest BCUT2D eigenvalue weighted by Crippen LogP contribution is 2.27. The third-order valence-electron chi connectivity index (χ3n) is 1.36. The van der Waals surface area contributed by atoms with Crippen LogP contribution in [0.1, 0.15) is 16.7 Å². The first-order chi connectivity index (χ1) is 5.09. The molecular formula is C8H11BrOS. The van der Waals surface area contributed by atoms with Gasteiger partial charge in [0.15, 0.2) is 0 Å². The Kier molecular flexibility index (Phi) is 3.10. The molecule has 0 aromatic carbocycles. The quantitative estimate of drug-likeness (QED) is 0.835. The molecule has 1 atom stereocenters. The molecule has 0 amide bonds. The number of rotatable bonds is 2. The summed E-state index contributed by atoms with van der Waals surface area (Å²) in [6.45, 7) is 3.88. The molecule has 0 aliphatic rings. The molecular weight excluding hydrogens is 224 g/mol. The highest BCUT2D eigenvalue weighted by Gasteiger charge is 2.06. The molecule has 1 N–H and O–H groups in total. The predicted molar refractivity (Wildman–Crippen MR) is 52.1 cm³/mol. The summed E-state index contributed by atoms with van der Waals surface area (Å²) >= 11 is 5.18. The van der Waals surface area contributed by atoms with Gasteiger partial charge in [-0.05, 0) is 35.8 Å². The van der Waals surface area contributed by atoms with Crippen LogP contribution in [0.3, 0.4) is 0 Å². The maximum Gasteiger partial charge on any atom is 0.0560 e. The van der Waals surface area contributed by atoms with E-state index in [0.717, 1.165) is 10.9 Å². The van der Waals surface area contributed by atoms with Crippen molar-refractivity contribution in [3.63, 3.8) is 0 Å². The van der Waals surface area contributed by atoms with Crippen LogP contribution in [0, 0.1) is 6.92 Å². The van der Waals surface area contributed by atoms with Gasteiger partial charge in [0.25, 0.3) is 0 Å². The fraction of sp³-hybridized carbons (Fsp3) is 0.500. The Labute approximate surface area is 79.2 Å². The molecule has 0 saturated heterocycles. The maximum absolute atomic E-state index is 9.13. The molecule has 0 aliphatic carbocycles. The van der Waals surface area contributed by atoms with E-state index in [9.17, 15) is 0 Å². The maximum atomic E-state index is 9.13. The van der Waals surface area contributed by atoms with E-state index in [1.807, 2.05) is 6.92 Å². The minimum atomic E-state index is -0.246. The van der Waals surface area contributed by atoms with Crippen molar-refractivity contribution < 1.29 is 5.11 Å². The van der Waals surface area contributed by atoms with Crippen LogP contribution >= 0.6 is 27.3 Å². The van der Waals surface area contributed by atoms with Gasteiger partial charge in [0.2, 0.25) is 0 Å². The molecule has 1 rings (SSSR count). The van der Waals surface area contributed by atoms with Gasteiger partial charge in [-0.15, -0.1) is 11.3 Å². The van der Waals surface area contributed by atoms with E-state index in [2.05, 4.69) is 28.9 Å². The molecule has 0 spiro atoms. The molecule has 62 valence electrons. The van der Waals surface area contributed by atoms with E-state index < -0.39 is 0 Å². The second-order valence-electron chi connectivity index (χ2n) is 2.68. The van der Waals surface area contributed by atoms with Crippen LogP contribution in [0.15, 0.2) is 10.5 Å². The number of hydrogen-bond donors (Lipinski definition) is 1. The Balaban J connectivity index is 2.77. The molecule has 0 aliphatic heterocycles. The number of aryl methyl sites for hydroxylation is 1. The highest BCUT2D eigenvalue weighted by molar-refractivity contribution is 9.10. The van der Waals surface area contributed by atoms with Gasteiger partial charge >= 0.3 is 0 Å². The summed E-state index contributed by atoms with van der Waals surface area (Å²) in [4.78, 5) is 2.52. The lowest BCUT2D eigenvalue weighted by Gasteiger charge is -2.00. The average molecular weight is 235 g/mol. The molecule has 1 heterocycles. The Hall–Kier alpha value is 0.140. The van der Waals surface area contributed by atoms with Gasteiger partial charge in [-0.1, -0.05) is 0 Å². The molecule has 0 radical (unpaired) electrons. The molecule has 1 aromatic heterocycles. The van der Waals surface area contributed by atoms with Crippen LogP contribution in [-0.2, 0) is 6.42 Å². The summed E-state index contributed by atoms with van der Waals surface area (Å²) in [5, 5.41) is 9.13. The Morgan fingerprint density at radius 1 is 1.73 bits per heavy atom. The minimum absolute atomic E-state index is 0.246. The largest absolute Gasteiger partial charge is 0.393 e. The van der Waals surface area contributed by atoms with Gasteiger partial charge in [0, 0.05) is 20.6 Å². The van der Waals surface area contributed by atoms with E-state index in [0.29, 0.717) is 0 Å². The SMILES string of the molecule is Cc1cc(Br)c(C[C@H](C)O)s1. The molecule has 0 fully saturated rings. The lowest BCUT2D eigenvalue weighted by Crippen LogP contribution is -2.02. The first-order valence-corrected chi connectivity index (χ1v) is 5.13. The summed E-state index contributed by atoms with van der Waals surface area (Å²) in [6, 6.07) is 2.09. The lowest BCUT2D eigenvalue weighted by atomic mass is 10.2. The summed E-state index contributed by atoms with van der Waals surface area (Å²) < 4.78 is 1.13. The highest BCUT2D eigenvalue weighted by atomic mass is 79.9. The van der Waals surface area contributed by atoms with E-state index in [1.165, 1.54) is 9.75 Å². The van der Waals surface area contributed by atoms with Crippen molar-refractivity contribution >= 4 is 27.3 Å². The van der Waals surface area contributed by atoms with Crippen molar-refractivity contribution in [3.05, 3.63) is 20.3 Å². The zero-order chi connectivity index (χ0) is 8.43. The number of aliphatic hydroxyl groups is 1. The molecule has 1 aromatic rings. The monoisotopic (exact) mass is 234 g/mol. The third kappa shape index (κ3) is 2.58. The van der Waals surface area contributed by atoms with Gasteiger partial charge < -0.3 is 5.11 Å². The van der Waals surface area contributed by atoms with Gasteiger partial charge in [-0.3, -0.25) is 0 Å². The van der Waals surface area contributed by atoms with Crippen LogP contribution in [0.2, 0.25) is 0 Å². The molecule has 0 unspecified atom stereocenters. The summed E-state index contributed by atoms with van der Waals surface area (Å²) in [6.07, 6.45) is 0.503. The lowest BCUT2D eigenvalue weighted by molar-refractivity contribution is 0.196. The first-order valence-electron chi connectivity index (χ1n) is 3.52. The second-order valence-corrected chi connectivity index (χ2v) is 4.88. The molecule has 3 heteroatoms. The van der Waals surface area contributed by atoms with Crippen molar-refractivity contribution in [3.8, 4) is 0 Å². The third-order valence-corrected chi connectivity index (χ3v) is 3.40. The van der Waals surface area contributed by atoms with Crippen LogP contribution in [0.4, 0.5) is 0 Å². The van der Waals surface area contributed by atoms with Crippen LogP contribution < -0.4 is 0 Å². The van der Waals surface area contributed by atoms with Crippen LogP contribution in [0.5, 0.6) is 0 Å². The first kappa shape index (κ1) is 9.23. The standard InChI is InChI=1S/C8H11BrOS/c1-5(10)3-8-7(9)4-6(2)11-8/h4-5,10H,3H2,1-2H3/t5-/m0/s1. The van der Waals surface area contributed by atoms with Gasteiger partial charge in [0.1, 0.15) is 0 Å². The van der Waals surface area contributed by atoms with E-state index in [4.69, 9.17) is 5.11 Å². The smallest absolute Gasteiger partial charge is 0.0560 e. The number of halogens is 1. The van der Waals surface area contributed by atoms with Gasteiger partial charge in [-0.25, -0.2) is 0 Å². The summed E-state index contributed by atoms with van der Waals surface area (Å²) in [7, 11) is 0. The topological polar surface area (TPSA) is 20.2 Å². The van der Waals surface area contributed by atoms with Crippen molar-refractivity contribution in [1.82, 2.24) is 0 Å². The Bertz CT molecular complexity index is 242. The molecule has 0 saturated carbocycles. The molecule has 1 nitrogen and oxygen atoms in total. The zero-order valence-corrected chi connectivity index (χ0v) is 9.00. The van der Waals surface area contributed by atoms with Crippen LogP contribution in [-0.4, -0.2) is 11.2 Å². The Morgan fingerprint density at radius 2 is 2.36 bits per heavy atom. The average Bonchev–Trinajstić information content (AvgIpc) is 2.09. The van der Waals surface area contributed by atoms with E-state index in [-0.39, 0.29) is 6.10 Å².